The van der Waals surface area contributed by atoms with Crippen molar-refractivity contribution < 1.29 is 14.3 Å². The highest BCUT2D eigenvalue weighted by atomic mass is 35.5. The van der Waals surface area contributed by atoms with E-state index in [2.05, 4.69) is 27.9 Å². The number of nitrogens with one attached hydrogen (secondary N) is 2. The molecular weight excluding hydrogens is 544 g/mol. The Hall–Kier alpha value is -2.58. The van der Waals surface area contributed by atoms with Crippen molar-refractivity contribution in [1.29, 1.82) is 0 Å². The summed E-state index contributed by atoms with van der Waals surface area (Å²) in [4.78, 5) is 25.5. The Kier molecular flexibility index (Phi) is 17.1. The fraction of sp³-hybridized carbons (Fsp3) is 0.548. The summed E-state index contributed by atoms with van der Waals surface area (Å²) < 4.78 is 8.99. The molecule has 0 aliphatic rings. The Balaban J connectivity index is 1.72. The van der Waals surface area contributed by atoms with Crippen LogP contribution in [-0.4, -0.2) is 43.9 Å². The third kappa shape index (κ3) is 13.7. The van der Waals surface area contributed by atoms with Crippen LogP contribution in [0, 0.1) is 0 Å². The van der Waals surface area contributed by atoms with E-state index in [1.165, 1.54) is 49.6 Å². The van der Waals surface area contributed by atoms with E-state index in [-0.39, 0.29) is 6.03 Å². The van der Waals surface area contributed by atoms with Crippen LogP contribution in [0.1, 0.15) is 87.6 Å². The molecule has 2 rings (SSSR count). The van der Waals surface area contributed by atoms with E-state index < -0.39 is 5.91 Å². The minimum Gasteiger partial charge on any atom is -0.491 e. The van der Waals surface area contributed by atoms with Gasteiger partial charge in [0, 0.05) is 36.0 Å². The zero-order valence-corrected chi connectivity index (χ0v) is 25.8. The van der Waals surface area contributed by atoms with Gasteiger partial charge in [-0.15, -0.1) is 0 Å². The number of ether oxygens (including phenoxy) is 1. The van der Waals surface area contributed by atoms with Crippen LogP contribution >= 0.6 is 23.5 Å². The van der Waals surface area contributed by atoms with Crippen molar-refractivity contribution in [3.05, 3.63) is 58.6 Å². The quantitative estimate of drug-likeness (QED) is 0.104. The molecule has 2 aromatic rings. The van der Waals surface area contributed by atoms with E-state index in [0.717, 1.165) is 67.4 Å². The molecule has 0 aromatic heterocycles. The molecule has 7 nitrogen and oxygen atoms in total. The van der Waals surface area contributed by atoms with Crippen molar-refractivity contribution in [1.82, 2.24) is 10.0 Å². The molecule has 0 bridgehead atoms. The van der Waals surface area contributed by atoms with Gasteiger partial charge in [-0.2, -0.15) is 0 Å². The second kappa shape index (κ2) is 20.3. The van der Waals surface area contributed by atoms with Crippen LogP contribution < -0.4 is 25.4 Å². The Morgan fingerprint density at radius 2 is 1.70 bits per heavy atom. The van der Waals surface area contributed by atoms with Crippen molar-refractivity contribution in [2.75, 3.05) is 36.9 Å². The van der Waals surface area contributed by atoms with Gasteiger partial charge >= 0.3 is 6.03 Å². The lowest BCUT2D eigenvalue weighted by Crippen LogP contribution is -2.31. The van der Waals surface area contributed by atoms with Gasteiger partial charge in [0.25, 0.3) is 0 Å². The Labute approximate surface area is 250 Å². The van der Waals surface area contributed by atoms with Gasteiger partial charge in [0.15, 0.2) is 0 Å². The maximum Gasteiger partial charge on any atom is 0.324 e. The van der Waals surface area contributed by atoms with Crippen LogP contribution in [0.2, 0.25) is 5.02 Å². The molecule has 0 spiro atoms. The Bertz CT molecular complexity index is 1020. The number of carbonyl (C=O) groups is 2. The largest absolute Gasteiger partial charge is 0.491 e. The highest BCUT2D eigenvalue weighted by Gasteiger charge is 2.14. The first-order valence-corrected chi connectivity index (χ1v) is 16.0. The number of hydrogen-bond acceptors (Lipinski definition) is 5. The van der Waals surface area contributed by atoms with E-state index in [9.17, 15) is 9.59 Å². The molecule has 0 radical (unpaired) electrons. The zero-order chi connectivity index (χ0) is 29.0. The van der Waals surface area contributed by atoms with E-state index in [0.29, 0.717) is 18.7 Å². The first-order valence-electron chi connectivity index (χ1n) is 14.7. The summed E-state index contributed by atoms with van der Waals surface area (Å²) in [6, 6.07) is 13.4. The fourth-order valence-corrected chi connectivity index (χ4v) is 5.34. The van der Waals surface area contributed by atoms with Crippen molar-refractivity contribution in [3.63, 3.8) is 0 Å². The molecule has 0 heterocycles. The van der Waals surface area contributed by atoms with Crippen molar-refractivity contribution >= 4 is 41.2 Å². The summed E-state index contributed by atoms with van der Waals surface area (Å²) in [5.41, 5.74) is 8.26. The van der Waals surface area contributed by atoms with Crippen LogP contribution in [0.3, 0.4) is 0 Å². The molecule has 0 aliphatic heterocycles. The molecule has 0 saturated heterocycles. The predicted octanol–water partition coefficient (Wildman–Crippen LogP) is 7.36. The lowest BCUT2D eigenvalue weighted by atomic mass is 10.1. The van der Waals surface area contributed by atoms with Gasteiger partial charge in [0.2, 0.25) is 5.91 Å². The molecule has 0 aliphatic carbocycles. The van der Waals surface area contributed by atoms with Crippen LogP contribution in [0.15, 0.2) is 42.5 Å². The molecule has 0 fully saturated rings. The first kappa shape index (κ1) is 33.6. The second-order valence-electron chi connectivity index (χ2n) is 9.85. The second-order valence-corrected chi connectivity index (χ2v) is 11.2. The molecule has 40 heavy (non-hydrogen) atoms. The normalized spacial score (nSPS) is 10.8. The summed E-state index contributed by atoms with van der Waals surface area (Å²) in [7, 11) is 0. The number of urea groups is 1. The average molecular weight is 591 g/mol. The smallest absolute Gasteiger partial charge is 0.324 e. The lowest BCUT2D eigenvalue weighted by Gasteiger charge is -2.26. The van der Waals surface area contributed by atoms with Crippen LogP contribution in [-0.2, 0) is 6.42 Å². The summed E-state index contributed by atoms with van der Waals surface area (Å²) in [5, 5.41) is 3.49. The molecule has 3 amide bonds. The summed E-state index contributed by atoms with van der Waals surface area (Å²) >= 11 is 7.57. The predicted molar refractivity (Wildman–Crippen MR) is 170 cm³/mol. The third-order valence-electron chi connectivity index (χ3n) is 6.65. The number of benzene rings is 2. The number of aryl methyl sites for hydroxylation is 1. The molecule has 2 aromatic carbocycles. The fourth-order valence-electron chi connectivity index (χ4n) is 4.47. The highest BCUT2D eigenvalue weighted by Crippen LogP contribution is 2.30. The van der Waals surface area contributed by atoms with Crippen molar-refractivity contribution in [2.24, 2.45) is 5.73 Å². The van der Waals surface area contributed by atoms with Crippen LogP contribution in [0.5, 0.6) is 5.75 Å². The number of carbonyl (C=O) groups excluding carboxylic acids is 2. The van der Waals surface area contributed by atoms with Gasteiger partial charge in [0.05, 0.1) is 12.3 Å². The summed E-state index contributed by atoms with van der Waals surface area (Å²) in [5.74, 6) is 1.32. The maximum absolute atomic E-state index is 11.9. The molecule has 222 valence electrons. The highest BCUT2D eigenvalue weighted by molar-refractivity contribution is 7.97. The number of unbranched alkanes of at least 4 members (excludes halogenated alkanes) is 7. The number of hydrogen-bond donors (Lipinski definition) is 3. The number of nitrogens with two attached hydrogens (primary N) is 1. The van der Waals surface area contributed by atoms with E-state index in [4.69, 9.17) is 22.1 Å². The molecule has 9 heteroatoms. The standard InChI is InChI=1S/C31H47ClN4O3S/c1-3-34-31(38)35-40-22-13-9-7-5-6-8-11-20-36(4-2)28-24-26(30(33)37)18-19-29(28)39-21-12-10-15-25-16-14-17-27(32)23-25/h14,16-19,23-24H,3-13,15,20-22H2,1-2H3,(H2,33,37)(H2,34,35,38). The van der Waals surface area contributed by atoms with Crippen LogP contribution in [0.4, 0.5) is 10.5 Å². The molecule has 4 N–H and O–H groups in total. The van der Waals surface area contributed by atoms with E-state index in [1.54, 1.807) is 6.07 Å². The number of halogens is 1. The first-order chi connectivity index (χ1) is 19.4. The number of rotatable bonds is 21. The molecule has 0 unspecified atom stereocenters. The lowest BCUT2D eigenvalue weighted by molar-refractivity contribution is 0.1000. The molecule has 0 saturated carbocycles. The van der Waals surface area contributed by atoms with Gasteiger partial charge in [-0.3, -0.25) is 9.52 Å². The average Bonchev–Trinajstić information content (AvgIpc) is 2.94. The zero-order valence-electron chi connectivity index (χ0n) is 24.2. The summed E-state index contributed by atoms with van der Waals surface area (Å²) in [6.45, 7) is 7.03. The Morgan fingerprint density at radius 3 is 2.40 bits per heavy atom. The third-order valence-corrected chi connectivity index (χ3v) is 7.71. The number of nitrogens with zero attached hydrogens (tertiary/aromatic N) is 1. The number of anilines is 1. The summed E-state index contributed by atoms with van der Waals surface area (Å²) in [6.07, 6.45) is 11.1. The maximum atomic E-state index is 11.9. The number of amides is 3. The Morgan fingerprint density at radius 1 is 0.950 bits per heavy atom. The monoisotopic (exact) mass is 590 g/mol. The van der Waals surface area contributed by atoms with Gasteiger partial charge < -0.3 is 20.7 Å². The van der Waals surface area contributed by atoms with Crippen LogP contribution in [0.25, 0.3) is 0 Å². The topological polar surface area (TPSA) is 96.7 Å². The minimum atomic E-state index is -0.427. The molecule has 0 atom stereocenters. The van der Waals surface area contributed by atoms with Gasteiger partial charge in [0.1, 0.15) is 5.75 Å². The van der Waals surface area contributed by atoms with Gasteiger partial charge in [-0.05, 0) is 93.8 Å². The SMILES string of the molecule is CCNC(=O)NSCCCCCCCCCN(CC)c1cc(C(N)=O)ccc1OCCCCc1cccc(Cl)c1. The molecular formula is C31H47ClN4O3S. The number of primary amides is 1. The van der Waals surface area contributed by atoms with Crippen molar-refractivity contribution in [3.8, 4) is 5.75 Å². The van der Waals surface area contributed by atoms with E-state index in [1.807, 2.05) is 37.3 Å². The van der Waals surface area contributed by atoms with Crippen molar-refractivity contribution in [2.45, 2.75) is 78.1 Å². The van der Waals surface area contributed by atoms with Gasteiger partial charge in [-0.25, -0.2) is 4.79 Å². The minimum absolute atomic E-state index is 0.112. The van der Waals surface area contributed by atoms with Gasteiger partial charge in [-0.1, -0.05) is 55.8 Å². The van der Waals surface area contributed by atoms with E-state index >= 15 is 0 Å².